The Morgan fingerprint density at radius 3 is 2.79 bits per heavy atom. The number of anilines is 1. The van der Waals surface area contributed by atoms with Crippen molar-refractivity contribution in [1.82, 2.24) is 4.98 Å². The highest BCUT2D eigenvalue weighted by atomic mass is 16.5. The van der Waals surface area contributed by atoms with E-state index in [1.165, 1.54) is 7.11 Å². The van der Waals surface area contributed by atoms with Crippen LogP contribution in [0.5, 0.6) is 0 Å². The van der Waals surface area contributed by atoms with E-state index in [9.17, 15) is 4.79 Å². The molecule has 0 spiro atoms. The van der Waals surface area contributed by atoms with E-state index in [4.69, 9.17) is 4.74 Å². The van der Waals surface area contributed by atoms with Crippen LogP contribution in [0.1, 0.15) is 12.5 Å². The highest BCUT2D eigenvalue weighted by Gasteiger charge is 2.11. The second-order valence-corrected chi connectivity index (χ2v) is 3.09. The Bertz CT molecular complexity index is 308. The second kappa shape index (κ2) is 4.72. The van der Waals surface area contributed by atoms with Crippen LogP contribution >= 0.6 is 0 Å². The maximum atomic E-state index is 11.4. The lowest BCUT2D eigenvalue weighted by molar-refractivity contribution is -0.124. The van der Waals surface area contributed by atoms with Crippen LogP contribution in [0.25, 0.3) is 0 Å². The van der Waals surface area contributed by atoms with Crippen molar-refractivity contribution in [3.8, 4) is 0 Å². The van der Waals surface area contributed by atoms with Crippen LogP contribution in [-0.2, 0) is 9.53 Å². The molecule has 1 amide bonds. The summed E-state index contributed by atoms with van der Waals surface area (Å²) >= 11 is 0. The van der Waals surface area contributed by atoms with E-state index in [1.807, 2.05) is 13.0 Å². The van der Waals surface area contributed by atoms with Crippen LogP contribution in [0.15, 0.2) is 18.3 Å². The lowest BCUT2D eigenvalue weighted by Crippen LogP contribution is -2.26. The number of aromatic nitrogens is 1. The number of pyridine rings is 1. The number of carbonyl (C=O) groups is 1. The fourth-order valence-corrected chi connectivity index (χ4v) is 0.877. The summed E-state index contributed by atoms with van der Waals surface area (Å²) in [6.07, 6.45) is 1.24. The molecule has 76 valence electrons. The minimum Gasteiger partial charge on any atom is -0.372 e. The maximum absolute atomic E-state index is 11.4. The number of aryl methyl sites for hydroxylation is 1. The number of nitrogens with zero attached hydrogens (tertiary/aromatic N) is 1. The van der Waals surface area contributed by atoms with Crippen LogP contribution in [-0.4, -0.2) is 24.1 Å². The van der Waals surface area contributed by atoms with Gasteiger partial charge in [-0.3, -0.25) is 4.79 Å². The summed E-state index contributed by atoms with van der Waals surface area (Å²) in [6.45, 7) is 3.62. The molecule has 0 saturated carbocycles. The number of amides is 1. The summed E-state index contributed by atoms with van der Waals surface area (Å²) in [6, 6.07) is 3.65. The summed E-state index contributed by atoms with van der Waals surface area (Å²) in [7, 11) is 1.49. The molecule has 0 saturated heterocycles. The van der Waals surface area contributed by atoms with Gasteiger partial charge >= 0.3 is 0 Å². The van der Waals surface area contributed by atoms with Crippen LogP contribution in [0.4, 0.5) is 5.82 Å². The van der Waals surface area contributed by atoms with Gasteiger partial charge in [0.2, 0.25) is 0 Å². The molecule has 4 heteroatoms. The van der Waals surface area contributed by atoms with Crippen LogP contribution in [0.3, 0.4) is 0 Å². The monoisotopic (exact) mass is 194 g/mol. The largest absolute Gasteiger partial charge is 0.372 e. The van der Waals surface area contributed by atoms with Crippen LogP contribution in [0, 0.1) is 6.92 Å². The first-order valence-corrected chi connectivity index (χ1v) is 4.40. The van der Waals surface area contributed by atoms with E-state index in [-0.39, 0.29) is 5.91 Å². The maximum Gasteiger partial charge on any atom is 0.254 e. The average molecular weight is 194 g/mol. The van der Waals surface area contributed by atoms with Crippen molar-refractivity contribution in [3.05, 3.63) is 23.9 Å². The third-order valence-corrected chi connectivity index (χ3v) is 1.89. The number of hydrogen-bond donors (Lipinski definition) is 1. The van der Waals surface area contributed by atoms with Gasteiger partial charge in [-0.2, -0.15) is 0 Å². The fourth-order valence-electron chi connectivity index (χ4n) is 0.877. The third kappa shape index (κ3) is 2.81. The van der Waals surface area contributed by atoms with E-state index < -0.39 is 6.10 Å². The zero-order valence-corrected chi connectivity index (χ0v) is 8.57. The lowest BCUT2D eigenvalue weighted by Gasteiger charge is -2.09. The zero-order valence-electron chi connectivity index (χ0n) is 8.57. The smallest absolute Gasteiger partial charge is 0.254 e. The van der Waals surface area contributed by atoms with Crippen LogP contribution < -0.4 is 5.32 Å². The van der Waals surface area contributed by atoms with Crippen molar-refractivity contribution in [2.75, 3.05) is 12.4 Å². The first-order valence-electron chi connectivity index (χ1n) is 4.40. The van der Waals surface area contributed by atoms with Crippen molar-refractivity contribution >= 4 is 11.7 Å². The van der Waals surface area contributed by atoms with Crippen molar-refractivity contribution in [3.63, 3.8) is 0 Å². The number of nitrogens with one attached hydrogen (secondary N) is 1. The van der Waals surface area contributed by atoms with E-state index in [2.05, 4.69) is 10.3 Å². The van der Waals surface area contributed by atoms with Crippen LogP contribution in [0.2, 0.25) is 0 Å². The summed E-state index contributed by atoms with van der Waals surface area (Å²) in [5.41, 5.74) is 1.06. The van der Waals surface area contributed by atoms with Gasteiger partial charge in [-0.05, 0) is 25.5 Å². The molecule has 1 heterocycles. The first kappa shape index (κ1) is 10.7. The Hall–Kier alpha value is -1.42. The Morgan fingerprint density at radius 1 is 1.57 bits per heavy atom. The van der Waals surface area contributed by atoms with E-state index in [1.54, 1.807) is 19.2 Å². The molecular weight excluding hydrogens is 180 g/mol. The van der Waals surface area contributed by atoms with Gasteiger partial charge in [0.05, 0.1) is 0 Å². The van der Waals surface area contributed by atoms with E-state index >= 15 is 0 Å². The summed E-state index contributed by atoms with van der Waals surface area (Å²) in [5, 5.41) is 2.64. The average Bonchev–Trinajstić information content (AvgIpc) is 2.20. The van der Waals surface area contributed by atoms with Crippen molar-refractivity contribution in [2.24, 2.45) is 0 Å². The van der Waals surface area contributed by atoms with Gasteiger partial charge in [0.15, 0.2) is 0 Å². The third-order valence-electron chi connectivity index (χ3n) is 1.89. The highest BCUT2D eigenvalue weighted by Crippen LogP contribution is 2.04. The molecule has 0 aliphatic heterocycles. The Labute approximate surface area is 83.3 Å². The Balaban J connectivity index is 2.60. The van der Waals surface area contributed by atoms with E-state index in [0.29, 0.717) is 5.82 Å². The number of rotatable bonds is 3. The number of methoxy groups -OCH3 is 1. The molecule has 4 nitrogen and oxygen atoms in total. The van der Waals surface area contributed by atoms with Gasteiger partial charge in [-0.15, -0.1) is 0 Å². The normalized spacial score (nSPS) is 12.2. The van der Waals surface area contributed by atoms with Gasteiger partial charge in [0.1, 0.15) is 11.9 Å². The van der Waals surface area contributed by atoms with E-state index in [0.717, 1.165) is 5.56 Å². The predicted molar refractivity (Wildman–Crippen MR) is 54.1 cm³/mol. The molecule has 1 atom stereocenters. The summed E-state index contributed by atoms with van der Waals surface area (Å²) in [5.74, 6) is 0.355. The topological polar surface area (TPSA) is 51.2 Å². The molecule has 1 unspecified atom stereocenters. The van der Waals surface area contributed by atoms with Gasteiger partial charge in [-0.1, -0.05) is 6.07 Å². The van der Waals surface area contributed by atoms with Crippen molar-refractivity contribution in [2.45, 2.75) is 20.0 Å². The lowest BCUT2D eigenvalue weighted by atomic mass is 10.3. The molecule has 1 rings (SSSR count). The fraction of sp³-hybridized carbons (Fsp3) is 0.400. The molecule has 0 aromatic carbocycles. The Morgan fingerprint density at radius 2 is 2.29 bits per heavy atom. The molecule has 1 aromatic rings. The zero-order chi connectivity index (χ0) is 10.6. The molecule has 1 aromatic heterocycles. The molecule has 0 radical (unpaired) electrons. The first-order chi connectivity index (χ1) is 6.63. The number of carbonyl (C=O) groups excluding carboxylic acids is 1. The van der Waals surface area contributed by atoms with Crippen molar-refractivity contribution < 1.29 is 9.53 Å². The molecule has 0 aliphatic rings. The minimum absolute atomic E-state index is 0.191. The minimum atomic E-state index is -0.460. The molecule has 0 bridgehead atoms. The standard InChI is InChI=1S/C10H14N2O2/c1-7-4-5-9(11-6-7)12-10(13)8(2)14-3/h4-6,8H,1-3H3,(H,11,12,13). The molecule has 1 N–H and O–H groups in total. The molecule has 14 heavy (non-hydrogen) atoms. The summed E-state index contributed by atoms with van der Waals surface area (Å²) < 4.78 is 4.87. The van der Waals surface area contributed by atoms with Gasteiger partial charge < -0.3 is 10.1 Å². The molecular formula is C10H14N2O2. The van der Waals surface area contributed by atoms with Crippen molar-refractivity contribution in [1.29, 1.82) is 0 Å². The predicted octanol–water partition coefficient (Wildman–Crippen LogP) is 1.36. The SMILES string of the molecule is COC(C)C(=O)Nc1ccc(C)cn1. The Kier molecular flexibility index (Phi) is 3.59. The highest BCUT2D eigenvalue weighted by molar-refractivity contribution is 5.92. The molecule has 0 fully saturated rings. The second-order valence-electron chi connectivity index (χ2n) is 3.09. The quantitative estimate of drug-likeness (QED) is 0.790. The summed E-state index contributed by atoms with van der Waals surface area (Å²) in [4.78, 5) is 15.4. The number of hydrogen-bond acceptors (Lipinski definition) is 3. The van der Waals surface area contributed by atoms with Gasteiger partial charge in [0.25, 0.3) is 5.91 Å². The molecule has 0 aliphatic carbocycles. The van der Waals surface area contributed by atoms with Gasteiger partial charge in [0, 0.05) is 13.3 Å². The van der Waals surface area contributed by atoms with Gasteiger partial charge in [-0.25, -0.2) is 4.98 Å². The number of ether oxygens (including phenoxy) is 1.